The van der Waals surface area contributed by atoms with Gasteiger partial charge in [0.1, 0.15) is 0 Å². The molecule has 0 fully saturated rings. The lowest BCUT2D eigenvalue weighted by atomic mass is 9.96. The maximum atomic E-state index is 3.39. The molecule has 0 heterocycles. The summed E-state index contributed by atoms with van der Waals surface area (Å²) >= 11 is 1.89. The second-order valence-electron chi connectivity index (χ2n) is 4.09. The highest BCUT2D eigenvalue weighted by Crippen LogP contribution is 2.23. The molecule has 0 spiro atoms. The van der Waals surface area contributed by atoms with Gasteiger partial charge in [0.05, 0.1) is 0 Å². The molecule has 0 aliphatic rings. The average Bonchev–Trinajstić information content (AvgIpc) is 2.20. The van der Waals surface area contributed by atoms with Crippen molar-refractivity contribution in [2.24, 2.45) is 0 Å². The Morgan fingerprint density at radius 2 is 1.73 bits per heavy atom. The van der Waals surface area contributed by atoms with Crippen LogP contribution >= 0.6 is 11.8 Å². The number of rotatable bonds is 4. The molecule has 1 aromatic rings. The minimum atomic E-state index is 0.472. The molecule has 1 nitrogen and oxygen atoms in total. The van der Waals surface area contributed by atoms with Crippen LogP contribution in [0.4, 0.5) is 0 Å². The second kappa shape index (κ2) is 5.57. The van der Waals surface area contributed by atoms with Gasteiger partial charge in [-0.25, -0.2) is 0 Å². The molecule has 15 heavy (non-hydrogen) atoms. The molecule has 1 atom stereocenters. The van der Waals surface area contributed by atoms with Gasteiger partial charge in [0.25, 0.3) is 0 Å². The molecule has 2 heteroatoms. The first-order chi connectivity index (χ1) is 7.10. The lowest BCUT2D eigenvalue weighted by Gasteiger charge is -2.19. The van der Waals surface area contributed by atoms with Crippen LogP contribution < -0.4 is 5.32 Å². The lowest BCUT2D eigenvalue weighted by Crippen LogP contribution is -2.19. The minimum absolute atomic E-state index is 0.472. The molecule has 1 rings (SSSR count). The zero-order chi connectivity index (χ0) is 11.4. The van der Waals surface area contributed by atoms with Gasteiger partial charge in [0.15, 0.2) is 0 Å². The van der Waals surface area contributed by atoms with Crippen molar-refractivity contribution in [2.75, 3.05) is 19.1 Å². The summed E-state index contributed by atoms with van der Waals surface area (Å²) in [5, 5.41) is 3.39. The minimum Gasteiger partial charge on any atom is -0.312 e. The lowest BCUT2D eigenvalue weighted by molar-refractivity contribution is 0.657. The zero-order valence-corrected chi connectivity index (χ0v) is 11.2. The number of nitrogens with one attached hydrogen (secondary N) is 1. The van der Waals surface area contributed by atoms with Gasteiger partial charge < -0.3 is 5.32 Å². The molecule has 0 aliphatic heterocycles. The van der Waals surface area contributed by atoms with Crippen LogP contribution in [0.2, 0.25) is 0 Å². The first-order valence-corrected chi connectivity index (χ1v) is 6.73. The molecular formula is C13H21NS. The quantitative estimate of drug-likeness (QED) is 0.841. The largest absolute Gasteiger partial charge is 0.312 e. The van der Waals surface area contributed by atoms with Crippen LogP contribution in [0, 0.1) is 20.8 Å². The molecule has 1 N–H and O–H groups in total. The van der Waals surface area contributed by atoms with Crippen molar-refractivity contribution in [3.05, 3.63) is 34.4 Å². The molecule has 1 aromatic carbocycles. The van der Waals surface area contributed by atoms with E-state index in [0.717, 1.165) is 5.75 Å². The highest BCUT2D eigenvalue weighted by molar-refractivity contribution is 7.98. The van der Waals surface area contributed by atoms with Crippen LogP contribution in [0.3, 0.4) is 0 Å². The summed E-state index contributed by atoms with van der Waals surface area (Å²) < 4.78 is 0. The average molecular weight is 223 g/mol. The summed E-state index contributed by atoms with van der Waals surface area (Å²) in [6.45, 7) is 6.56. The van der Waals surface area contributed by atoms with Crippen molar-refractivity contribution in [3.63, 3.8) is 0 Å². The van der Waals surface area contributed by atoms with Gasteiger partial charge in [0, 0.05) is 11.8 Å². The maximum Gasteiger partial charge on any atom is 0.0412 e. The van der Waals surface area contributed by atoms with Crippen LogP contribution in [0.25, 0.3) is 0 Å². The topological polar surface area (TPSA) is 12.0 Å². The summed E-state index contributed by atoms with van der Waals surface area (Å²) in [6, 6.07) is 5.08. The molecule has 0 saturated heterocycles. The normalized spacial score (nSPS) is 12.9. The van der Waals surface area contributed by atoms with Crippen molar-refractivity contribution in [1.82, 2.24) is 5.32 Å². The maximum absolute atomic E-state index is 3.39. The molecule has 0 bridgehead atoms. The molecular weight excluding hydrogens is 202 g/mol. The number of benzene rings is 1. The highest BCUT2D eigenvalue weighted by Gasteiger charge is 2.11. The number of hydrogen-bond acceptors (Lipinski definition) is 2. The smallest absolute Gasteiger partial charge is 0.0412 e. The SMILES string of the molecule is CNC(CSC)c1cc(C)c(C)cc1C. The number of thioether (sulfide) groups is 1. The molecule has 84 valence electrons. The Labute approximate surface area is 97.7 Å². The van der Waals surface area contributed by atoms with E-state index >= 15 is 0 Å². The van der Waals surface area contributed by atoms with E-state index in [1.807, 2.05) is 18.8 Å². The summed E-state index contributed by atoms with van der Waals surface area (Å²) in [4.78, 5) is 0. The third-order valence-electron chi connectivity index (χ3n) is 2.94. The first-order valence-electron chi connectivity index (χ1n) is 5.34. The first kappa shape index (κ1) is 12.6. The van der Waals surface area contributed by atoms with Gasteiger partial charge in [0.2, 0.25) is 0 Å². The van der Waals surface area contributed by atoms with E-state index in [0.29, 0.717) is 6.04 Å². The third-order valence-corrected chi connectivity index (χ3v) is 3.61. The van der Waals surface area contributed by atoms with Gasteiger partial charge in [-0.2, -0.15) is 11.8 Å². The van der Waals surface area contributed by atoms with Gasteiger partial charge >= 0.3 is 0 Å². The van der Waals surface area contributed by atoms with Crippen molar-refractivity contribution in [1.29, 1.82) is 0 Å². The Hall–Kier alpha value is -0.470. The van der Waals surface area contributed by atoms with Crippen molar-refractivity contribution >= 4 is 11.8 Å². The van der Waals surface area contributed by atoms with Gasteiger partial charge in [-0.1, -0.05) is 12.1 Å². The van der Waals surface area contributed by atoms with Gasteiger partial charge in [-0.15, -0.1) is 0 Å². The van der Waals surface area contributed by atoms with E-state index < -0.39 is 0 Å². The Morgan fingerprint density at radius 1 is 1.13 bits per heavy atom. The predicted molar refractivity (Wildman–Crippen MR) is 70.8 cm³/mol. The zero-order valence-electron chi connectivity index (χ0n) is 10.3. The van der Waals surface area contributed by atoms with E-state index in [9.17, 15) is 0 Å². The molecule has 0 amide bonds. The second-order valence-corrected chi connectivity index (χ2v) is 5.00. The summed E-state index contributed by atoms with van der Waals surface area (Å²) in [5.41, 5.74) is 5.61. The molecule has 1 unspecified atom stereocenters. The highest BCUT2D eigenvalue weighted by atomic mass is 32.2. The van der Waals surface area contributed by atoms with E-state index in [-0.39, 0.29) is 0 Å². The summed E-state index contributed by atoms with van der Waals surface area (Å²) in [5.74, 6) is 1.12. The van der Waals surface area contributed by atoms with E-state index in [2.05, 4.69) is 44.5 Å². The molecule has 0 radical (unpaired) electrons. The molecule has 0 aromatic heterocycles. The van der Waals surface area contributed by atoms with Crippen LogP contribution in [-0.2, 0) is 0 Å². The predicted octanol–water partition coefficient (Wildman–Crippen LogP) is 3.24. The third kappa shape index (κ3) is 2.99. The fourth-order valence-electron chi connectivity index (χ4n) is 1.85. The van der Waals surface area contributed by atoms with Gasteiger partial charge in [-0.05, 0) is 56.3 Å². The van der Waals surface area contributed by atoms with Crippen LogP contribution in [-0.4, -0.2) is 19.1 Å². The van der Waals surface area contributed by atoms with Crippen LogP contribution in [0.1, 0.15) is 28.3 Å². The van der Waals surface area contributed by atoms with E-state index in [4.69, 9.17) is 0 Å². The Bertz CT molecular complexity index is 334. The number of hydrogen-bond donors (Lipinski definition) is 1. The van der Waals surface area contributed by atoms with E-state index in [1.165, 1.54) is 22.3 Å². The fourth-order valence-corrected chi connectivity index (χ4v) is 2.53. The monoisotopic (exact) mass is 223 g/mol. The Morgan fingerprint density at radius 3 is 2.27 bits per heavy atom. The summed E-state index contributed by atoms with van der Waals surface area (Å²) in [6.07, 6.45) is 2.15. The van der Waals surface area contributed by atoms with E-state index in [1.54, 1.807) is 0 Å². The Balaban J connectivity index is 3.06. The Kier molecular flexibility index (Phi) is 4.68. The molecule has 0 aliphatic carbocycles. The van der Waals surface area contributed by atoms with Crippen LogP contribution in [0.5, 0.6) is 0 Å². The summed E-state index contributed by atoms with van der Waals surface area (Å²) in [7, 11) is 2.04. The van der Waals surface area contributed by atoms with Crippen molar-refractivity contribution in [2.45, 2.75) is 26.8 Å². The standard InChI is InChI=1S/C13H21NS/c1-9-6-11(3)12(7-10(9)2)13(14-4)8-15-5/h6-7,13-14H,8H2,1-5H3. The van der Waals surface area contributed by atoms with Gasteiger partial charge in [-0.3, -0.25) is 0 Å². The van der Waals surface area contributed by atoms with Crippen molar-refractivity contribution in [3.8, 4) is 0 Å². The number of aryl methyl sites for hydroxylation is 3. The fraction of sp³-hybridized carbons (Fsp3) is 0.538. The van der Waals surface area contributed by atoms with Crippen molar-refractivity contribution < 1.29 is 0 Å². The van der Waals surface area contributed by atoms with Crippen LogP contribution in [0.15, 0.2) is 12.1 Å². The molecule has 0 saturated carbocycles.